The summed E-state index contributed by atoms with van der Waals surface area (Å²) in [6.45, 7) is 4.84. The van der Waals surface area contributed by atoms with Gasteiger partial charge in [-0.25, -0.2) is 13.4 Å². The molecule has 21 heavy (non-hydrogen) atoms. The molecule has 2 fully saturated rings. The topological polar surface area (TPSA) is 84.4 Å². The van der Waals surface area contributed by atoms with Crippen molar-refractivity contribution in [2.75, 3.05) is 48.0 Å². The maximum absolute atomic E-state index is 11.5. The molecule has 2 aliphatic rings. The Hall–Kier alpha value is -1.41. The molecular formula is C13H20N4O3S. The SMILES string of the molecule is Cc1cc(NC2CCS(=O)(=O)C2)nc(N2CCOCC2)n1. The van der Waals surface area contributed by atoms with Crippen LogP contribution in [0.4, 0.5) is 11.8 Å². The number of aromatic nitrogens is 2. The average molecular weight is 312 g/mol. The third-order valence-corrected chi connectivity index (χ3v) is 5.49. The number of rotatable bonds is 3. The molecule has 1 atom stereocenters. The first-order chi connectivity index (χ1) is 10.0. The van der Waals surface area contributed by atoms with Crippen LogP contribution >= 0.6 is 0 Å². The molecule has 7 nitrogen and oxygen atoms in total. The lowest BCUT2D eigenvalue weighted by Crippen LogP contribution is -2.37. The summed E-state index contributed by atoms with van der Waals surface area (Å²) < 4.78 is 28.4. The summed E-state index contributed by atoms with van der Waals surface area (Å²) in [5, 5.41) is 3.23. The van der Waals surface area contributed by atoms with Gasteiger partial charge in [0.1, 0.15) is 5.82 Å². The maximum Gasteiger partial charge on any atom is 0.227 e. The minimum absolute atomic E-state index is 0.0539. The van der Waals surface area contributed by atoms with E-state index in [-0.39, 0.29) is 17.5 Å². The summed E-state index contributed by atoms with van der Waals surface area (Å²) in [4.78, 5) is 11.1. The number of aryl methyl sites for hydroxylation is 1. The van der Waals surface area contributed by atoms with Crippen molar-refractivity contribution in [1.82, 2.24) is 9.97 Å². The molecule has 1 N–H and O–H groups in total. The minimum atomic E-state index is -2.89. The van der Waals surface area contributed by atoms with Gasteiger partial charge in [-0.05, 0) is 13.3 Å². The van der Waals surface area contributed by atoms with E-state index in [1.165, 1.54) is 0 Å². The van der Waals surface area contributed by atoms with Crippen molar-refractivity contribution in [2.45, 2.75) is 19.4 Å². The van der Waals surface area contributed by atoms with Crippen molar-refractivity contribution < 1.29 is 13.2 Å². The van der Waals surface area contributed by atoms with Gasteiger partial charge in [-0.3, -0.25) is 0 Å². The highest BCUT2D eigenvalue weighted by atomic mass is 32.2. The fraction of sp³-hybridized carbons (Fsp3) is 0.692. The molecule has 0 amide bonds. The van der Waals surface area contributed by atoms with Crippen LogP contribution in [0.3, 0.4) is 0 Å². The Balaban J connectivity index is 1.75. The van der Waals surface area contributed by atoms with E-state index in [4.69, 9.17) is 4.74 Å². The largest absolute Gasteiger partial charge is 0.378 e. The van der Waals surface area contributed by atoms with Crippen LogP contribution in [0.15, 0.2) is 6.07 Å². The molecule has 2 aliphatic heterocycles. The Bertz CT molecular complexity index is 614. The second kappa shape index (κ2) is 5.76. The summed E-state index contributed by atoms with van der Waals surface area (Å²) in [6, 6.07) is 1.80. The predicted octanol–water partition coefficient (Wildman–Crippen LogP) is 0.221. The molecule has 0 bridgehead atoms. The first kappa shape index (κ1) is 14.5. The zero-order chi connectivity index (χ0) is 14.9. The van der Waals surface area contributed by atoms with Crippen molar-refractivity contribution in [3.05, 3.63) is 11.8 Å². The second-order valence-corrected chi connectivity index (χ2v) is 7.77. The number of nitrogens with zero attached hydrogens (tertiary/aromatic N) is 3. The highest BCUT2D eigenvalue weighted by Gasteiger charge is 2.28. The van der Waals surface area contributed by atoms with Crippen molar-refractivity contribution in [2.24, 2.45) is 0 Å². The molecule has 0 saturated carbocycles. The predicted molar refractivity (Wildman–Crippen MR) is 80.5 cm³/mol. The van der Waals surface area contributed by atoms with Crippen molar-refractivity contribution >= 4 is 21.6 Å². The second-order valence-electron chi connectivity index (χ2n) is 5.54. The van der Waals surface area contributed by atoms with E-state index < -0.39 is 9.84 Å². The molecule has 8 heteroatoms. The number of anilines is 2. The van der Waals surface area contributed by atoms with E-state index in [0.717, 1.165) is 18.8 Å². The number of sulfone groups is 1. The number of hydrogen-bond donors (Lipinski definition) is 1. The highest BCUT2D eigenvalue weighted by Crippen LogP contribution is 2.19. The van der Waals surface area contributed by atoms with Crippen LogP contribution < -0.4 is 10.2 Å². The zero-order valence-electron chi connectivity index (χ0n) is 12.1. The van der Waals surface area contributed by atoms with E-state index in [0.29, 0.717) is 31.4 Å². The van der Waals surface area contributed by atoms with Gasteiger partial charge in [-0.15, -0.1) is 0 Å². The first-order valence-electron chi connectivity index (χ1n) is 7.17. The molecule has 1 aromatic rings. The van der Waals surface area contributed by atoms with Gasteiger partial charge in [0.2, 0.25) is 5.95 Å². The van der Waals surface area contributed by atoms with Gasteiger partial charge in [-0.2, -0.15) is 4.98 Å². The molecular weight excluding hydrogens is 292 g/mol. The van der Waals surface area contributed by atoms with Crippen LogP contribution in [0, 0.1) is 6.92 Å². The lowest BCUT2D eigenvalue weighted by atomic mass is 10.2. The Morgan fingerprint density at radius 3 is 2.76 bits per heavy atom. The van der Waals surface area contributed by atoms with Gasteiger partial charge in [0, 0.05) is 30.9 Å². The summed E-state index contributed by atoms with van der Waals surface area (Å²) in [5.41, 5.74) is 0.870. The molecule has 3 heterocycles. The van der Waals surface area contributed by atoms with E-state index in [9.17, 15) is 8.42 Å². The number of nitrogens with one attached hydrogen (secondary N) is 1. The normalized spacial score (nSPS) is 25.0. The molecule has 1 aromatic heterocycles. The van der Waals surface area contributed by atoms with Gasteiger partial charge >= 0.3 is 0 Å². The maximum atomic E-state index is 11.5. The van der Waals surface area contributed by atoms with Gasteiger partial charge < -0.3 is 15.0 Å². The zero-order valence-corrected chi connectivity index (χ0v) is 12.9. The number of morpholine rings is 1. The van der Waals surface area contributed by atoms with E-state index in [2.05, 4.69) is 20.2 Å². The Morgan fingerprint density at radius 1 is 1.33 bits per heavy atom. The monoisotopic (exact) mass is 312 g/mol. The average Bonchev–Trinajstić information content (AvgIpc) is 2.78. The molecule has 0 radical (unpaired) electrons. The van der Waals surface area contributed by atoms with E-state index in [1.54, 1.807) is 0 Å². The molecule has 3 rings (SSSR count). The van der Waals surface area contributed by atoms with Crippen LogP contribution in [-0.2, 0) is 14.6 Å². The fourth-order valence-electron chi connectivity index (χ4n) is 2.65. The summed E-state index contributed by atoms with van der Waals surface area (Å²) >= 11 is 0. The molecule has 116 valence electrons. The summed E-state index contributed by atoms with van der Waals surface area (Å²) in [5.74, 6) is 1.82. The summed E-state index contributed by atoms with van der Waals surface area (Å²) in [7, 11) is -2.89. The Kier molecular flexibility index (Phi) is 3.99. The highest BCUT2D eigenvalue weighted by molar-refractivity contribution is 7.91. The van der Waals surface area contributed by atoms with Crippen molar-refractivity contribution in [1.29, 1.82) is 0 Å². The van der Waals surface area contributed by atoms with Gasteiger partial charge in [0.25, 0.3) is 0 Å². The minimum Gasteiger partial charge on any atom is -0.378 e. The molecule has 0 aliphatic carbocycles. The third kappa shape index (κ3) is 3.62. The number of ether oxygens (including phenoxy) is 1. The third-order valence-electron chi connectivity index (χ3n) is 3.72. The molecule has 0 spiro atoms. The quantitative estimate of drug-likeness (QED) is 0.854. The Labute approximate surface area is 124 Å². The Morgan fingerprint density at radius 2 is 2.10 bits per heavy atom. The standard InChI is InChI=1S/C13H20N4O3S/c1-10-8-12(15-11-2-7-21(18,19)9-11)16-13(14-10)17-3-5-20-6-4-17/h8,11H,2-7,9H2,1H3,(H,14,15,16). The van der Waals surface area contributed by atoms with Crippen LogP contribution in [0.1, 0.15) is 12.1 Å². The van der Waals surface area contributed by atoms with Crippen molar-refractivity contribution in [3.8, 4) is 0 Å². The van der Waals surface area contributed by atoms with Crippen LogP contribution in [0.2, 0.25) is 0 Å². The van der Waals surface area contributed by atoms with Crippen LogP contribution in [-0.4, -0.2) is 62.2 Å². The lowest BCUT2D eigenvalue weighted by molar-refractivity contribution is 0.122. The van der Waals surface area contributed by atoms with E-state index >= 15 is 0 Å². The smallest absolute Gasteiger partial charge is 0.227 e. The van der Waals surface area contributed by atoms with Crippen LogP contribution in [0.25, 0.3) is 0 Å². The molecule has 0 aromatic carbocycles. The fourth-order valence-corrected chi connectivity index (χ4v) is 4.32. The van der Waals surface area contributed by atoms with Gasteiger partial charge in [0.05, 0.1) is 24.7 Å². The van der Waals surface area contributed by atoms with Gasteiger partial charge in [-0.1, -0.05) is 0 Å². The number of hydrogen-bond acceptors (Lipinski definition) is 7. The molecule has 1 unspecified atom stereocenters. The van der Waals surface area contributed by atoms with Crippen molar-refractivity contribution in [3.63, 3.8) is 0 Å². The first-order valence-corrected chi connectivity index (χ1v) is 8.99. The van der Waals surface area contributed by atoms with Gasteiger partial charge in [0.15, 0.2) is 9.84 Å². The molecule has 2 saturated heterocycles. The lowest BCUT2D eigenvalue weighted by Gasteiger charge is -2.27. The van der Waals surface area contributed by atoms with Crippen LogP contribution in [0.5, 0.6) is 0 Å². The van der Waals surface area contributed by atoms with E-state index in [1.807, 2.05) is 13.0 Å². The summed E-state index contributed by atoms with van der Waals surface area (Å²) in [6.07, 6.45) is 0.637.